The third kappa shape index (κ3) is 4.59. The van der Waals surface area contributed by atoms with E-state index in [1.807, 2.05) is 6.92 Å². The van der Waals surface area contributed by atoms with Gasteiger partial charge in [-0.15, -0.1) is 0 Å². The molecule has 1 amide bonds. The summed E-state index contributed by atoms with van der Waals surface area (Å²) < 4.78 is 0. The molecule has 0 aliphatic heterocycles. The Balaban J connectivity index is 2.73. The van der Waals surface area contributed by atoms with Gasteiger partial charge in [-0.1, -0.05) is 50.9 Å². The van der Waals surface area contributed by atoms with E-state index in [1.54, 1.807) is 0 Å². The lowest BCUT2D eigenvalue weighted by Crippen LogP contribution is -2.23. The number of anilines is 1. The third-order valence-electron chi connectivity index (χ3n) is 3.27. The summed E-state index contributed by atoms with van der Waals surface area (Å²) in [6, 6.07) is 2.95. The van der Waals surface area contributed by atoms with E-state index >= 15 is 0 Å². The first-order valence-electron chi connectivity index (χ1n) is 6.09. The van der Waals surface area contributed by atoms with Gasteiger partial charge in [-0.3, -0.25) is 4.79 Å². The Bertz CT molecular complexity index is 458. The molecule has 0 saturated heterocycles. The summed E-state index contributed by atoms with van der Waals surface area (Å²) in [4.78, 5) is 11.9. The average Bonchev–Trinajstić information content (AvgIpc) is 2.24. The van der Waals surface area contributed by atoms with Crippen LogP contribution in [0.25, 0.3) is 0 Å². The predicted octanol–water partition coefficient (Wildman–Crippen LogP) is 4.71. The second kappa shape index (κ2) is 6.02. The number of halogens is 2. The fourth-order valence-corrected chi connectivity index (χ4v) is 1.92. The first-order chi connectivity index (χ1) is 8.61. The molecule has 3 nitrogen and oxygen atoms in total. The van der Waals surface area contributed by atoms with Gasteiger partial charge < -0.3 is 10.4 Å². The summed E-state index contributed by atoms with van der Waals surface area (Å²) in [6.45, 7) is 8.33. The number of hydrogen-bond acceptors (Lipinski definition) is 2. The molecule has 106 valence electrons. The molecule has 1 atom stereocenters. The summed E-state index contributed by atoms with van der Waals surface area (Å²) in [6.07, 6.45) is 0.416. The zero-order chi connectivity index (χ0) is 14.8. The van der Waals surface area contributed by atoms with E-state index in [4.69, 9.17) is 23.2 Å². The van der Waals surface area contributed by atoms with Crippen LogP contribution in [-0.2, 0) is 4.79 Å². The number of phenolic OH excluding ortho intramolecular Hbond substituents is 1. The summed E-state index contributed by atoms with van der Waals surface area (Å²) in [5.74, 6) is -0.0276. The fourth-order valence-electron chi connectivity index (χ4n) is 1.43. The second-order valence-electron chi connectivity index (χ2n) is 5.81. The molecule has 0 spiro atoms. The van der Waals surface area contributed by atoms with Crippen molar-refractivity contribution in [1.29, 1.82) is 0 Å². The minimum Gasteiger partial charge on any atom is -0.505 e. The monoisotopic (exact) mass is 303 g/mol. The number of phenols is 1. The van der Waals surface area contributed by atoms with Gasteiger partial charge >= 0.3 is 0 Å². The van der Waals surface area contributed by atoms with Crippen LogP contribution in [0.5, 0.6) is 5.75 Å². The van der Waals surface area contributed by atoms with Crippen LogP contribution in [0.1, 0.15) is 34.1 Å². The van der Waals surface area contributed by atoms with Crippen LogP contribution in [0.15, 0.2) is 12.1 Å². The minimum atomic E-state index is -0.176. The van der Waals surface area contributed by atoms with Gasteiger partial charge in [-0.2, -0.15) is 0 Å². The zero-order valence-electron chi connectivity index (χ0n) is 11.6. The van der Waals surface area contributed by atoms with Crippen LogP contribution in [-0.4, -0.2) is 11.0 Å². The molecule has 1 rings (SSSR count). The summed E-state index contributed by atoms with van der Waals surface area (Å²) in [5.41, 5.74) is 0.556. The largest absolute Gasteiger partial charge is 0.505 e. The molecule has 1 unspecified atom stereocenters. The lowest BCUT2D eigenvalue weighted by Gasteiger charge is -2.26. The number of carbonyl (C=O) groups is 1. The molecule has 1 aromatic carbocycles. The highest BCUT2D eigenvalue weighted by atomic mass is 35.5. The molecule has 0 heterocycles. The Hall–Kier alpha value is -0.930. The van der Waals surface area contributed by atoms with Crippen LogP contribution < -0.4 is 5.32 Å². The van der Waals surface area contributed by atoms with E-state index < -0.39 is 0 Å². The van der Waals surface area contributed by atoms with Crippen molar-refractivity contribution in [3.05, 3.63) is 22.2 Å². The van der Waals surface area contributed by atoms with E-state index in [2.05, 4.69) is 26.1 Å². The molecule has 2 N–H and O–H groups in total. The van der Waals surface area contributed by atoms with E-state index in [9.17, 15) is 9.90 Å². The van der Waals surface area contributed by atoms with Gasteiger partial charge in [0.2, 0.25) is 5.91 Å². The van der Waals surface area contributed by atoms with Crippen molar-refractivity contribution in [3.63, 3.8) is 0 Å². The van der Waals surface area contributed by atoms with Crippen molar-refractivity contribution >= 4 is 34.8 Å². The Morgan fingerprint density at radius 2 is 1.79 bits per heavy atom. The third-order valence-corrected chi connectivity index (χ3v) is 3.85. The van der Waals surface area contributed by atoms with Crippen molar-refractivity contribution in [1.82, 2.24) is 0 Å². The highest BCUT2D eigenvalue weighted by Crippen LogP contribution is 2.35. The Morgan fingerprint density at radius 3 is 2.21 bits per heavy atom. The molecule has 0 bridgehead atoms. The van der Waals surface area contributed by atoms with Gasteiger partial charge in [-0.05, 0) is 23.5 Å². The van der Waals surface area contributed by atoms with Crippen molar-refractivity contribution in [2.45, 2.75) is 34.1 Å². The molecular weight excluding hydrogens is 285 g/mol. The molecule has 0 aromatic heterocycles. The standard InChI is InChI=1S/C14H19Cl2NO2/c1-8(14(2,3)4)5-12(18)17-9-6-10(15)13(19)11(16)7-9/h6-8,19H,5H2,1-4H3,(H,17,18). The molecule has 1 aromatic rings. The number of aromatic hydroxyl groups is 1. The lowest BCUT2D eigenvalue weighted by molar-refractivity contribution is -0.117. The molecule has 0 aliphatic rings. The van der Waals surface area contributed by atoms with E-state index in [0.717, 1.165) is 0 Å². The highest BCUT2D eigenvalue weighted by molar-refractivity contribution is 6.37. The Kier molecular flexibility index (Phi) is 5.11. The molecule has 19 heavy (non-hydrogen) atoms. The minimum absolute atomic E-state index is 0.0710. The number of nitrogens with one attached hydrogen (secondary N) is 1. The summed E-state index contributed by atoms with van der Waals surface area (Å²) in [7, 11) is 0. The first-order valence-corrected chi connectivity index (χ1v) is 6.84. The predicted molar refractivity (Wildman–Crippen MR) is 80.0 cm³/mol. The molecule has 5 heteroatoms. The van der Waals surface area contributed by atoms with Gasteiger partial charge in [0.05, 0.1) is 10.0 Å². The number of benzene rings is 1. The zero-order valence-corrected chi connectivity index (χ0v) is 13.1. The van der Waals surface area contributed by atoms with Crippen LogP contribution in [0.2, 0.25) is 10.0 Å². The van der Waals surface area contributed by atoms with E-state index in [0.29, 0.717) is 12.1 Å². The number of hydrogen-bond donors (Lipinski definition) is 2. The quantitative estimate of drug-likeness (QED) is 0.794. The molecule has 0 radical (unpaired) electrons. The normalized spacial score (nSPS) is 13.2. The van der Waals surface area contributed by atoms with Gasteiger partial charge in [0, 0.05) is 12.1 Å². The molecule has 0 fully saturated rings. The average molecular weight is 304 g/mol. The maximum absolute atomic E-state index is 11.9. The topological polar surface area (TPSA) is 49.3 Å². The van der Waals surface area contributed by atoms with E-state index in [1.165, 1.54) is 12.1 Å². The van der Waals surface area contributed by atoms with Crippen LogP contribution in [0, 0.1) is 11.3 Å². The summed E-state index contributed by atoms with van der Waals surface area (Å²) in [5, 5.41) is 12.4. The van der Waals surface area contributed by atoms with Crippen molar-refractivity contribution in [3.8, 4) is 5.75 Å². The van der Waals surface area contributed by atoms with Crippen LogP contribution >= 0.6 is 23.2 Å². The fraction of sp³-hybridized carbons (Fsp3) is 0.500. The maximum atomic E-state index is 11.9. The Morgan fingerprint density at radius 1 is 1.32 bits per heavy atom. The Labute approximate surface area is 123 Å². The van der Waals surface area contributed by atoms with Gasteiger partial charge in [0.25, 0.3) is 0 Å². The van der Waals surface area contributed by atoms with Gasteiger partial charge in [0.1, 0.15) is 0 Å². The number of amides is 1. The van der Waals surface area contributed by atoms with E-state index in [-0.39, 0.29) is 33.0 Å². The van der Waals surface area contributed by atoms with Crippen molar-refractivity contribution in [2.75, 3.05) is 5.32 Å². The van der Waals surface area contributed by atoms with Gasteiger partial charge in [-0.25, -0.2) is 0 Å². The lowest BCUT2D eigenvalue weighted by atomic mass is 9.80. The van der Waals surface area contributed by atoms with Crippen molar-refractivity contribution < 1.29 is 9.90 Å². The first kappa shape index (κ1) is 16.1. The smallest absolute Gasteiger partial charge is 0.224 e. The summed E-state index contributed by atoms with van der Waals surface area (Å²) >= 11 is 11.6. The van der Waals surface area contributed by atoms with Gasteiger partial charge in [0.15, 0.2) is 5.75 Å². The molecule has 0 aliphatic carbocycles. The second-order valence-corrected chi connectivity index (χ2v) is 6.62. The molecule has 0 saturated carbocycles. The maximum Gasteiger partial charge on any atom is 0.224 e. The molecular formula is C14H19Cl2NO2. The van der Waals surface area contributed by atoms with Crippen LogP contribution in [0.3, 0.4) is 0 Å². The van der Waals surface area contributed by atoms with Crippen molar-refractivity contribution in [2.24, 2.45) is 11.3 Å². The van der Waals surface area contributed by atoms with Crippen LogP contribution in [0.4, 0.5) is 5.69 Å². The number of rotatable bonds is 3. The highest BCUT2D eigenvalue weighted by Gasteiger charge is 2.22. The number of carbonyl (C=O) groups excluding carboxylic acids is 1. The SMILES string of the molecule is CC(CC(=O)Nc1cc(Cl)c(O)c(Cl)c1)C(C)(C)C.